The van der Waals surface area contributed by atoms with E-state index in [2.05, 4.69) is 48.3 Å². The SMILES string of the molecule is CCN(CCNCC1CCOC1)c1ccc(C)cc1. The second kappa shape index (κ2) is 7.51. The molecule has 1 atom stereocenters. The molecule has 1 aromatic carbocycles. The lowest BCUT2D eigenvalue weighted by molar-refractivity contribution is 0.185. The minimum absolute atomic E-state index is 0.717. The fourth-order valence-corrected chi connectivity index (χ4v) is 2.49. The van der Waals surface area contributed by atoms with Gasteiger partial charge in [-0.25, -0.2) is 0 Å². The number of benzene rings is 1. The molecule has 106 valence electrons. The number of nitrogens with zero attached hydrogens (tertiary/aromatic N) is 1. The fraction of sp³-hybridized carbons (Fsp3) is 0.625. The minimum Gasteiger partial charge on any atom is -0.381 e. The maximum Gasteiger partial charge on any atom is 0.0507 e. The van der Waals surface area contributed by atoms with E-state index < -0.39 is 0 Å². The normalized spacial score (nSPS) is 18.7. The van der Waals surface area contributed by atoms with E-state index in [0.29, 0.717) is 0 Å². The first-order chi connectivity index (χ1) is 9.29. The Balaban J connectivity index is 1.71. The predicted molar refractivity (Wildman–Crippen MR) is 80.9 cm³/mol. The number of likely N-dealkylation sites (N-methyl/N-ethyl adjacent to an activating group) is 1. The van der Waals surface area contributed by atoms with Gasteiger partial charge in [0.05, 0.1) is 6.61 Å². The highest BCUT2D eigenvalue weighted by atomic mass is 16.5. The van der Waals surface area contributed by atoms with Crippen LogP contribution >= 0.6 is 0 Å². The van der Waals surface area contributed by atoms with Crippen LogP contribution in [0.3, 0.4) is 0 Å². The standard InChI is InChI=1S/C16H26N2O/c1-3-18(16-6-4-14(2)5-7-16)10-9-17-12-15-8-11-19-13-15/h4-7,15,17H,3,8-13H2,1-2H3. The molecule has 0 aromatic heterocycles. The van der Waals surface area contributed by atoms with Crippen LogP contribution in [0.25, 0.3) is 0 Å². The largest absolute Gasteiger partial charge is 0.381 e. The number of rotatable bonds is 7. The van der Waals surface area contributed by atoms with Crippen LogP contribution in [0.15, 0.2) is 24.3 Å². The van der Waals surface area contributed by atoms with Gasteiger partial charge in [-0.15, -0.1) is 0 Å². The molecule has 1 fully saturated rings. The zero-order valence-corrected chi connectivity index (χ0v) is 12.2. The van der Waals surface area contributed by atoms with Crippen molar-refractivity contribution in [2.24, 2.45) is 5.92 Å². The first kappa shape index (κ1) is 14.4. The van der Waals surface area contributed by atoms with Crippen LogP contribution in [0.1, 0.15) is 18.9 Å². The van der Waals surface area contributed by atoms with Gasteiger partial charge in [-0.2, -0.15) is 0 Å². The number of nitrogens with one attached hydrogen (secondary N) is 1. The Bertz CT molecular complexity index is 358. The summed E-state index contributed by atoms with van der Waals surface area (Å²) in [4.78, 5) is 2.41. The third kappa shape index (κ3) is 4.51. The van der Waals surface area contributed by atoms with Crippen LogP contribution in [0.2, 0.25) is 0 Å². The first-order valence-corrected chi connectivity index (χ1v) is 7.39. The van der Waals surface area contributed by atoms with Crippen molar-refractivity contribution in [3.63, 3.8) is 0 Å². The second-order valence-electron chi connectivity index (χ2n) is 5.35. The van der Waals surface area contributed by atoms with Crippen molar-refractivity contribution in [1.82, 2.24) is 5.32 Å². The van der Waals surface area contributed by atoms with E-state index in [1.165, 1.54) is 17.7 Å². The predicted octanol–water partition coefficient (Wildman–Crippen LogP) is 2.45. The highest BCUT2D eigenvalue weighted by Crippen LogP contribution is 2.14. The third-order valence-electron chi connectivity index (χ3n) is 3.80. The molecular formula is C16H26N2O. The van der Waals surface area contributed by atoms with Crippen molar-refractivity contribution in [2.75, 3.05) is 44.3 Å². The van der Waals surface area contributed by atoms with Gasteiger partial charge in [-0.3, -0.25) is 0 Å². The Morgan fingerprint density at radius 2 is 2.11 bits per heavy atom. The zero-order valence-electron chi connectivity index (χ0n) is 12.2. The topological polar surface area (TPSA) is 24.5 Å². The van der Waals surface area contributed by atoms with E-state index >= 15 is 0 Å². The Morgan fingerprint density at radius 3 is 2.74 bits per heavy atom. The van der Waals surface area contributed by atoms with Gasteiger partial charge in [0.25, 0.3) is 0 Å². The average molecular weight is 262 g/mol. The Morgan fingerprint density at radius 1 is 1.32 bits per heavy atom. The second-order valence-corrected chi connectivity index (χ2v) is 5.35. The smallest absolute Gasteiger partial charge is 0.0507 e. The molecule has 1 aromatic rings. The summed E-state index contributed by atoms with van der Waals surface area (Å²) in [6.07, 6.45) is 1.21. The third-order valence-corrected chi connectivity index (χ3v) is 3.80. The van der Waals surface area contributed by atoms with Crippen LogP contribution in [-0.4, -0.2) is 39.4 Å². The summed E-state index contributed by atoms with van der Waals surface area (Å²) in [5.41, 5.74) is 2.64. The molecule has 0 saturated carbocycles. The molecule has 0 aliphatic carbocycles. The number of hydrogen-bond acceptors (Lipinski definition) is 3. The van der Waals surface area contributed by atoms with E-state index in [4.69, 9.17) is 4.74 Å². The molecule has 3 heteroatoms. The van der Waals surface area contributed by atoms with Gasteiger partial charge in [0, 0.05) is 38.5 Å². The van der Waals surface area contributed by atoms with Crippen LogP contribution in [-0.2, 0) is 4.74 Å². The maximum absolute atomic E-state index is 5.39. The van der Waals surface area contributed by atoms with Gasteiger partial charge >= 0.3 is 0 Å². The maximum atomic E-state index is 5.39. The summed E-state index contributed by atoms with van der Waals surface area (Å²) in [7, 11) is 0. The Kier molecular flexibility index (Phi) is 5.67. The van der Waals surface area contributed by atoms with E-state index in [0.717, 1.165) is 45.3 Å². The summed E-state index contributed by atoms with van der Waals surface area (Å²) in [5.74, 6) is 0.717. The number of aryl methyl sites for hydroxylation is 1. The molecule has 0 radical (unpaired) electrons. The minimum atomic E-state index is 0.717. The average Bonchev–Trinajstić information content (AvgIpc) is 2.93. The first-order valence-electron chi connectivity index (χ1n) is 7.39. The van der Waals surface area contributed by atoms with E-state index in [9.17, 15) is 0 Å². The zero-order chi connectivity index (χ0) is 13.5. The Hall–Kier alpha value is -1.06. The lowest BCUT2D eigenvalue weighted by Gasteiger charge is -2.23. The molecule has 0 amide bonds. The molecule has 2 rings (SSSR count). The molecule has 1 aliphatic heterocycles. The lowest BCUT2D eigenvalue weighted by Crippen LogP contribution is -2.34. The molecule has 0 bridgehead atoms. The molecule has 1 unspecified atom stereocenters. The highest BCUT2D eigenvalue weighted by Gasteiger charge is 2.14. The van der Waals surface area contributed by atoms with Crippen LogP contribution < -0.4 is 10.2 Å². The molecule has 0 spiro atoms. The number of hydrogen-bond donors (Lipinski definition) is 1. The van der Waals surface area contributed by atoms with Gasteiger partial charge in [-0.1, -0.05) is 17.7 Å². The summed E-state index contributed by atoms with van der Waals surface area (Å²) in [5, 5.41) is 3.55. The van der Waals surface area contributed by atoms with Gasteiger partial charge in [0.2, 0.25) is 0 Å². The number of anilines is 1. The molecule has 19 heavy (non-hydrogen) atoms. The van der Waals surface area contributed by atoms with E-state index in [-0.39, 0.29) is 0 Å². The van der Waals surface area contributed by atoms with Crippen molar-refractivity contribution in [3.05, 3.63) is 29.8 Å². The molecule has 1 saturated heterocycles. The van der Waals surface area contributed by atoms with E-state index in [1.807, 2.05) is 0 Å². The van der Waals surface area contributed by atoms with E-state index in [1.54, 1.807) is 0 Å². The lowest BCUT2D eigenvalue weighted by atomic mass is 10.1. The quantitative estimate of drug-likeness (QED) is 0.764. The van der Waals surface area contributed by atoms with Crippen LogP contribution in [0.4, 0.5) is 5.69 Å². The van der Waals surface area contributed by atoms with Crippen molar-refractivity contribution < 1.29 is 4.74 Å². The summed E-state index contributed by atoms with van der Waals surface area (Å²) in [6.45, 7) is 10.5. The van der Waals surface area contributed by atoms with Crippen molar-refractivity contribution in [1.29, 1.82) is 0 Å². The van der Waals surface area contributed by atoms with Crippen molar-refractivity contribution >= 4 is 5.69 Å². The fourth-order valence-electron chi connectivity index (χ4n) is 2.49. The summed E-state index contributed by atoms with van der Waals surface area (Å²) in [6, 6.07) is 8.79. The van der Waals surface area contributed by atoms with Gasteiger partial charge in [0.1, 0.15) is 0 Å². The van der Waals surface area contributed by atoms with Gasteiger partial charge < -0.3 is 15.0 Å². The monoisotopic (exact) mass is 262 g/mol. The Labute approximate surface area is 116 Å². The summed E-state index contributed by atoms with van der Waals surface area (Å²) >= 11 is 0. The molecule has 1 aliphatic rings. The summed E-state index contributed by atoms with van der Waals surface area (Å²) < 4.78 is 5.39. The molecule has 1 heterocycles. The molecule has 3 nitrogen and oxygen atoms in total. The highest BCUT2D eigenvalue weighted by molar-refractivity contribution is 5.47. The molecule has 1 N–H and O–H groups in total. The van der Waals surface area contributed by atoms with Crippen LogP contribution in [0, 0.1) is 12.8 Å². The van der Waals surface area contributed by atoms with Gasteiger partial charge in [0.15, 0.2) is 0 Å². The van der Waals surface area contributed by atoms with Crippen LogP contribution in [0.5, 0.6) is 0 Å². The van der Waals surface area contributed by atoms with Gasteiger partial charge in [-0.05, 0) is 38.3 Å². The molecular weight excluding hydrogens is 236 g/mol. The number of ether oxygens (including phenoxy) is 1. The van der Waals surface area contributed by atoms with Crippen molar-refractivity contribution in [3.8, 4) is 0 Å². The van der Waals surface area contributed by atoms with Crippen molar-refractivity contribution in [2.45, 2.75) is 20.3 Å².